The first-order valence-electron chi connectivity index (χ1n) is 6.89. The molecule has 0 saturated carbocycles. The van der Waals surface area contributed by atoms with Gasteiger partial charge in [-0.25, -0.2) is 0 Å². The summed E-state index contributed by atoms with van der Waals surface area (Å²) in [5.74, 6) is 0.458. The third kappa shape index (κ3) is 5.12. The molecule has 0 radical (unpaired) electrons. The molecule has 2 aromatic rings. The van der Waals surface area contributed by atoms with Gasteiger partial charge in [-0.2, -0.15) is 0 Å². The number of hydrogen-bond donors (Lipinski definition) is 1. The van der Waals surface area contributed by atoms with Crippen molar-refractivity contribution in [1.82, 2.24) is 5.32 Å². The Bertz CT molecular complexity index is 586. The van der Waals surface area contributed by atoms with Crippen LogP contribution in [0.25, 0.3) is 0 Å². The van der Waals surface area contributed by atoms with Crippen molar-refractivity contribution in [3.63, 3.8) is 0 Å². The summed E-state index contributed by atoms with van der Waals surface area (Å²) in [6.07, 6.45) is 0.246. The number of halogens is 1. The maximum atomic E-state index is 12.0. The van der Waals surface area contributed by atoms with Gasteiger partial charge in [-0.3, -0.25) is 4.79 Å². The van der Waals surface area contributed by atoms with E-state index in [9.17, 15) is 4.79 Å². The molecule has 1 amide bonds. The number of ether oxygens (including phenoxy) is 1. The Morgan fingerprint density at radius 3 is 2.67 bits per heavy atom. The van der Waals surface area contributed by atoms with E-state index >= 15 is 0 Å². The Hall–Kier alpha value is -2.00. The highest BCUT2D eigenvalue weighted by atomic mass is 35.5. The standard InChI is InChI=1S/C17H18ClNO2/c1-13(21-16-9-5-8-15(18)12-16)17(20)19-11-10-14-6-3-2-4-7-14/h2-9,12-13H,10-11H2,1H3,(H,19,20)/t13-/m1/s1. The molecule has 0 unspecified atom stereocenters. The van der Waals surface area contributed by atoms with Crippen LogP contribution in [-0.4, -0.2) is 18.6 Å². The number of carbonyl (C=O) groups excluding carboxylic acids is 1. The average molecular weight is 304 g/mol. The van der Waals surface area contributed by atoms with E-state index in [1.807, 2.05) is 30.3 Å². The molecular weight excluding hydrogens is 286 g/mol. The first kappa shape index (κ1) is 15.4. The summed E-state index contributed by atoms with van der Waals surface area (Å²) in [7, 11) is 0. The van der Waals surface area contributed by atoms with Gasteiger partial charge in [0.1, 0.15) is 5.75 Å². The molecule has 21 heavy (non-hydrogen) atoms. The molecule has 0 aliphatic carbocycles. The van der Waals surface area contributed by atoms with E-state index in [4.69, 9.17) is 16.3 Å². The van der Waals surface area contributed by atoms with Crippen molar-refractivity contribution in [2.24, 2.45) is 0 Å². The Morgan fingerprint density at radius 2 is 1.95 bits per heavy atom. The quantitative estimate of drug-likeness (QED) is 0.887. The van der Waals surface area contributed by atoms with Gasteiger partial charge in [0.25, 0.3) is 5.91 Å². The van der Waals surface area contributed by atoms with Crippen LogP contribution in [0.4, 0.5) is 0 Å². The van der Waals surface area contributed by atoms with Gasteiger partial charge < -0.3 is 10.1 Å². The first-order chi connectivity index (χ1) is 10.1. The second-order valence-corrected chi connectivity index (χ2v) is 5.18. The number of nitrogens with one attached hydrogen (secondary N) is 1. The van der Waals surface area contributed by atoms with Gasteiger partial charge in [0, 0.05) is 11.6 Å². The Kier molecular flexibility index (Phi) is 5.64. The minimum atomic E-state index is -0.556. The van der Waals surface area contributed by atoms with Crippen LogP contribution in [0.1, 0.15) is 12.5 Å². The summed E-state index contributed by atoms with van der Waals surface area (Å²) in [6, 6.07) is 17.1. The molecule has 0 fully saturated rings. The zero-order valence-electron chi connectivity index (χ0n) is 11.9. The number of amides is 1. The van der Waals surface area contributed by atoms with Gasteiger partial charge >= 0.3 is 0 Å². The summed E-state index contributed by atoms with van der Waals surface area (Å²) in [5.41, 5.74) is 1.20. The first-order valence-corrected chi connectivity index (χ1v) is 7.27. The van der Waals surface area contributed by atoms with Crippen LogP contribution >= 0.6 is 11.6 Å². The summed E-state index contributed by atoms with van der Waals surface area (Å²) >= 11 is 5.88. The molecule has 2 aromatic carbocycles. The van der Waals surface area contributed by atoms with Crippen molar-refractivity contribution in [2.75, 3.05) is 6.54 Å². The van der Waals surface area contributed by atoms with Crippen molar-refractivity contribution in [1.29, 1.82) is 0 Å². The van der Waals surface area contributed by atoms with E-state index in [1.54, 1.807) is 31.2 Å². The highest BCUT2D eigenvalue weighted by molar-refractivity contribution is 6.30. The van der Waals surface area contributed by atoms with Crippen molar-refractivity contribution in [3.05, 3.63) is 65.2 Å². The maximum absolute atomic E-state index is 12.0. The van der Waals surface area contributed by atoms with Crippen LogP contribution < -0.4 is 10.1 Å². The molecule has 4 heteroatoms. The lowest BCUT2D eigenvalue weighted by atomic mass is 10.1. The van der Waals surface area contributed by atoms with Crippen molar-refractivity contribution < 1.29 is 9.53 Å². The molecule has 2 rings (SSSR count). The highest BCUT2D eigenvalue weighted by Crippen LogP contribution is 2.18. The molecule has 0 heterocycles. The second kappa shape index (κ2) is 7.70. The highest BCUT2D eigenvalue weighted by Gasteiger charge is 2.14. The van der Waals surface area contributed by atoms with Crippen LogP contribution in [0.15, 0.2) is 54.6 Å². The molecule has 3 nitrogen and oxygen atoms in total. The van der Waals surface area contributed by atoms with E-state index in [2.05, 4.69) is 5.32 Å². The molecule has 0 aromatic heterocycles. The van der Waals surface area contributed by atoms with Gasteiger partial charge in [0.05, 0.1) is 0 Å². The van der Waals surface area contributed by atoms with Gasteiger partial charge in [-0.1, -0.05) is 48.0 Å². The van der Waals surface area contributed by atoms with Gasteiger partial charge in [0.15, 0.2) is 6.10 Å². The lowest BCUT2D eigenvalue weighted by Gasteiger charge is -2.14. The van der Waals surface area contributed by atoms with Crippen LogP contribution in [0.5, 0.6) is 5.75 Å². The van der Waals surface area contributed by atoms with E-state index in [0.29, 0.717) is 17.3 Å². The molecule has 0 aliphatic heterocycles. The number of hydrogen-bond acceptors (Lipinski definition) is 2. The van der Waals surface area contributed by atoms with E-state index < -0.39 is 6.10 Å². The molecule has 0 aliphatic rings. The summed E-state index contributed by atoms with van der Waals surface area (Å²) < 4.78 is 5.56. The predicted octanol–water partition coefficient (Wildman–Crippen LogP) is 3.47. The minimum Gasteiger partial charge on any atom is -0.481 e. The van der Waals surface area contributed by atoms with Crippen LogP contribution in [-0.2, 0) is 11.2 Å². The number of rotatable bonds is 6. The van der Waals surface area contributed by atoms with Gasteiger partial charge in [0.2, 0.25) is 0 Å². The molecule has 0 spiro atoms. The largest absolute Gasteiger partial charge is 0.481 e. The third-order valence-electron chi connectivity index (χ3n) is 3.03. The third-order valence-corrected chi connectivity index (χ3v) is 3.27. The molecule has 0 bridgehead atoms. The maximum Gasteiger partial charge on any atom is 0.260 e. The average Bonchev–Trinajstić information content (AvgIpc) is 2.48. The Morgan fingerprint density at radius 1 is 1.19 bits per heavy atom. The van der Waals surface area contributed by atoms with Crippen molar-refractivity contribution >= 4 is 17.5 Å². The molecule has 110 valence electrons. The minimum absolute atomic E-state index is 0.133. The van der Waals surface area contributed by atoms with E-state index in [0.717, 1.165) is 6.42 Å². The van der Waals surface area contributed by atoms with E-state index in [1.165, 1.54) is 5.56 Å². The second-order valence-electron chi connectivity index (χ2n) is 4.74. The van der Waals surface area contributed by atoms with E-state index in [-0.39, 0.29) is 5.91 Å². The van der Waals surface area contributed by atoms with Crippen LogP contribution in [0.3, 0.4) is 0 Å². The number of carbonyl (C=O) groups is 1. The Labute approximate surface area is 129 Å². The zero-order valence-corrected chi connectivity index (χ0v) is 12.6. The fourth-order valence-corrected chi connectivity index (χ4v) is 2.10. The van der Waals surface area contributed by atoms with Crippen molar-refractivity contribution in [3.8, 4) is 5.75 Å². The van der Waals surface area contributed by atoms with Crippen molar-refractivity contribution in [2.45, 2.75) is 19.4 Å². The molecular formula is C17H18ClNO2. The molecule has 1 N–H and O–H groups in total. The SMILES string of the molecule is C[C@@H](Oc1cccc(Cl)c1)C(=O)NCCc1ccccc1. The normalized spacial score (nSPS) is 11.7. The lowest BCUT2D eigenvalue weighted by molar-refractivity contribution is -0.127. The number of benzene rings is 2. The molecule has 0 saturated heterocycles. The Balaban J connectivity index is 1.77. The summed E-state index contributed by atoms with van der Waals surface area (Å²) in [4.78, 5) is 12.0. The van der Waals surface area contributed by atoms with Crippen LogP contribution in [0, 0.1) is 0 Å². The zero-order chi connectivity index (χ0) is 15.1. The van der Waals surface area contributed by atoms with Gasteiger partial charge in [-0.15, -0.1) is 0 Å². The summed E-state index contributed by atoms with van der Waals surface area (Å²) in [6.45, 7) is 2.31. The fraction of sp³-hybridized carbons (Fsp3) is 0.235. The predicted molar refractivity (Wildman–Crippen MR) is 84.7 cm³/mol. The smallest absolute Gasteiger partial charge is 0.260 e. The van der Waals surface area contributed by atoms with Gasteiger partial charge in [-0.05, 0) is 37.1 Å². The van der Waals surface area contributed by atoms with Crippen LogP contribution in [0.2, 0.25) is 5.02 Å². The summed E-state index contributed by atoms with van der Waals surface area (Å²) in [5, 5.41) is 3.46. The lowest BCUT2D eigenvalue weighted by Crippen LogP contribution is -2.37. The fourth-order valence-electron chi connectivity index (χ4n) is 1.92. The molecule has 1 atom stereocenters. The monoisotopic (exact) mass is 303 g/mol. The topological polar surface area (TPSA) is 38.3 Å².